The van der Waals surface area contributed by atoms with E-state index in [2.05, 4.69) is 21.4 Å². The Morgan fingerprint density at radius 3 is 2.67 bits per heavy atom. The van der Waals surface area contributed by atoms with Gasteiger partial charge in [-0.2, -0.15) is 0 Å². The van der Waals surface area contributed by atoms with Crippen LogP contribution in [0.3, 0.4) is 0 Å². The molecule has 1 atom stereocenters. The lowest BCUT2D eigenvalue weighted by atomic mass is 9.82. The molecule has 0 fully saturated rings. The van der Waals surface area contributed by atoms with Crippen LogP contribution in [0.25, 0.3) is 0 Å². The van der Waals surface area contributed by atoms with Crippen molar-refractivity contribution in [3.05, 3.63) is 52.0 Å². The summed E-state index contributed by atoms with van der Waals surface area (Å²) in [5.41, 5.74) is 2.57. The van der Waals surface area contributed by atoms with E-state index in [0.717, 1.165) is 24.8 Å². The number of aryl methyl sites for hydroxylation is 1. The number of nitrogens with zero attached hydrogens (tertiary/aromatic N) is 2. The molecule has 1 N–H and O–H groups in total. The van der Waals surface area contributed by atoms with Crippen molar-refractivity contribution >= 4 is 34.8 Å². The zero-order valence-electron chi connectivity index (χ0n) is 11.1. The minimum absolute atomic E-state index is 0.124. The maximum atomic E-state index is 12.6. The molecule has 1 aromatic carbocycles. The van der Waals surface area contributed by atoms with Crippen LogP contribution in [0, 0.1) is 0 Å². The van der Waals surface area contributed by atoms with E-state index in [4.69, 9.17) is 23.2 Å². The lowest BCUT2D eigenvalue weighted by molar-refractivity contribution is -0.117. The van der Waals surface area contributed by atoms with E-state index in [9.17, 15) is 4.79 Å². The van der Waals surface area contributed by atoms with Gasteiger partial charge >= 0.3 is 0 Å². The minimum Gasteiger partial charge on any atom is -0.320 e. The molecule has 0 saturated heterocycles. The number of amides is 1. The first-order valence-electron chi connectivity index (χ1n) is 6.71. The highest BCUT2D eigenvalue weighted by Gasteiger charge is 2.27. The molecule has 0 aliphatic heterocycles. The van der Waals surface area contributed by atoms with Gasteiger partial charge in [0.05, 0.1) is 5.92 Å². The van der Waals surface area contributed by atoms with E-state index >= 15 is 0 Å². The average molecular weight is 322 g/mol. The van der Waals surface area contributed by atoms with Crippen molar-refractivity contribution in [3.8, 4) is 0 Å². The predicted octanol–water partition coefficient (Wildman–Crippen LogP) is 3.84. The summed E-state index contributed by atoms with van der Waals surface area (Å²) >= 11 is 11.9. The number of halogens is 2. The summed E-state index contributed by atoms with van der Waals surface area (Å²) in [7, 11) is 0. The number of carbonyl (C=O) groups excluding carboxylic acids is 1. The van der Waals surface area contributed by atoms with Crippen LogP contribution >= 0.6 is 23.2 Å². The van der Waals surface area contributed by atoms with Gasteiger partial charge in [-0.1, -0.05) is 47.5 Å². The largest absolute Gasteiger partial charge is 0.320 e. The number of rotatable bonds is 2. The summed E-state index contributed by atoms with van der Waals surface area (Å²) in [6, 6.07) is 8.03. The Morgan fingerprint density at radius 1 is 1.19 bits per heavy atom. The second kappa shape index (κ2) is 6.00. The van der Waals surface area contributed by atoms with Crippen LogP contribution in [-0.4, -0.2) is 15.9 Å². The Hall–Kier alpha value is -1.65. The van der Waals surface area contributed by atoms with Crippen LogP contribution < -0.4 is 5.32 Å². The quantitative estimate of drug-likeness (QED) is 0.855. The summed E-state index contributed by atoms with van der Waals surface area (Å²) in [5, 5.41) is 3.05. The van der Waals surface area contributed by atoms with Crippen molar-refractivity contribution < 1.29 is 4.79 Å². The van der Waals surface area contributed by atoms with Gasteiger partial charge in [0.15, 0.2) is 10.3 Å². The Labute approximate surface area is 132 Å². The van der Waals surface area contributed by atoms with Gasteiger partial charge in [-0.3, -0.25) is 4.79 Å². The maximum absolute atomic E-state index is 12.6. The van der Waals surface area contributed by atoms with Crippen LogP contribution in [0.5, 0.6) is 0 Å². The Kier molecular flexibility index (Phi) is 4.08. The third-order valence-corrected chi connectivity index (χ3v) is 4.26. The summed E-state index contributed by atoms with van der Waals surface area (Å²) in [4.78, 5) is 20.2. The summed E-state index contributed by atoms with van der Waals surface area (Å²) in [5.74, 6) is -0.317. The molecule has 1 amide bonds. The van der Waals surface area contributed by atoms with E-state index < -0.39 is 0 Å². The van der Waals surface area contributed by atoms with Gasteiger partial charge in [0.2, 0.25) is 5.91 Å². The average Bonchev–Trinajstić information content (AvgIpc) is 2.50. The first kappa shape index (κ1) is 14.3. The van der Waals surface area contributed by atoms with Gasteiger partial charge in [0, 0.05) is 0 Å². The van der Waals surface area contributed by atoms with Crippen LogP contribution in [0.2, 0.25) is 10.3 Å². The number of hydrogen-bond acceptors (Lipinski definition) is 3. The monoisotopic (exact) mass is 321 g/mol. The Bertz CT molecular complexity index is 670. The second-order valence-electron chi connectivity index (χ2n) is 4.96. The van der Waals surface area contributed by atoms with Crippen molar-refractivity contribution in [1.82, 2.24) is 9.97 Å². The maximum Gasteiger partial charge on any atom is 0.232 e. The minimum atomic E-state index is -0.192. The molecule has 2 aromatic rings. The molecule has 4 nitrogen and oxygen atoms in total. The van der Waals surface area contributed by atoms with Gasteiger partial charge in [-0.05, 0) is 30.4 Å². The third kappa shape index (κ3) is 2.87. The molecule has 3 rings (SSSR count). The molecule has 1 unspecified atom stereocenters. The fraction of sp³-hybridized carbons (Fsp3) is 0.267. The standard InChI is InChI=1S/C15H13Cl2N3O/c16-13-12(14(17)19-8-18-13)20-15(21)11-7-3-5-9-4-1-2-6-10(9)11/h1-2,4,6,8,11H,3,5,7H2,(H,20,21). The lowest BCUT2D eigenvalue weighted by Gasteiger charge is -2.24. The summed E-state index contributed by atoms with van der Waals surface area (Å²) < 4.78 is 0. The van der Waals surface area contributed by atoms with E-state index in [1.165, 1.54) is 11.9 Å². The van der Waals surface area contributed by atoms with Crippen molar-refractivity contribution in [3.63, 3.8) is 0 Å². The molecule has 108 valence electrons. The van der Waals surface area contributed by atoms with E-state index in [-0.39, 0.29) is 27.8 Å². The van der Waals surface area contributed by atoms with E-state index in [1.54, 1.807) is 0 Å². The molecule has 21 heavy (non-hydrogen) atoms. The number of fused-ring (bicyclic) bond motifs is 1. The number of nitrogens with one attached hydrogen (secondary N) is 1. The Morgan fingerprint density at radius 2 is 1.90 bits per heavy atom. The zero-order valence-corrected chi connectivity index (χ0v) is 12.7. The highest BCUT2D eigenvalue weighted by molar-refractivity contribution is 6.38. The zero-order chi connectivity index (χ0) is 14.8. The lowest BCUT2D eigenvalue weighted by Crippen LogP contribution is -2.25. The fourth-order valence-electron chi connectivity index (χ4n) is 2.68. The second-order valence-corrected chi connectivity index (χ2v) is 5.68. The van der Waals surface area contributed by atoms with Gasteiger partial charge in [0.25, 0.3) is 0 Å². The molecular weight excluding hydrogens is 309 g/mol. The van der Waals surface area contributed by atoms with Gasteiger partial charge in [-0.15, -0.1) is 0 Å². The smallest absolute Gasteiger partial charge is 0.232 e. The SMILES string of the molecule is O=C(Nc1c(Cl)ncnc1Cl)C1CCCc2ccccc21. The number of carbonyl (C=O) groups is 1. The molecule has 0 spiro atoms. The molecule has 0 radical (unpaired) electrons. The summed E-state index contributed by atoms with van der Waals surface area (Å²) in [6.07, 6.45) is 4.07. The molecule has 6 heteroatoms. The number of aromatic nitrogens is 2. The fourth-order valence-corrected chi connectivity index (χ4v) is 3.09. The molecular formula is C15H13Cl2N3O. The van der Waals surface area contributed by atoms with Crippen LogP contribution in [-0.2, 0) is 11.2 Å². The highest BCUT2D eigenvalue weighted by atomic mass is 35.5. The van der Waals surface area contributed by atoms with Crippen molar-refractivity contribution in [1.29, 1.82) is 0 Å². The van der Waals surface area contributed by atoms with Crippen LogP contribution in [0.1, 0.15) is 29.9 Å². The van der Waals surface area contributed by atoms with Crippen molar-refractivity contribution in [2.45, 2.75) is 25.2 Å². The molecule has 1 heterocycles. The van der Waals surface area contributed by atoms with E-state index in [0.29, 0.717) is 0 Å². The topological polar surface area (TPSA) is 54.9 Å². The first-order valence-corrected chi connectivity index (χ1v) is 7.47. The molecule has 0 bridgehead atoms. The van der Waals surface area contributed by atoms with Crippen molar-refractivity contribution in [2.75, 3.05) is 5.32 Å². The Balaban J connectivity index is 1.87. The summed E-state index contributed by atoms with van der Waals surface area (Å²) in [6.45, 7) is 0. The number of benzene rings is 1. The normalized spacial score (nSPS) is 17.1. The van der Waals surface area contributed by atoms with Gasteiger partial charge in [0.1, 0.15) is 12.0 Å². The molecule has 1 aromatic heterocycles. The van der Waals surface area contributed by atoms with Crippen LogP contribution in [0.15, 0.2) is 30.6 Å². The first-order chi connectivity index (χ1) is 10.2. The molecule has 1 aliphatic carbocycles. The third-order valence-electron chi connectivity index (χ3n) is 3.69. The highest BCUT2D eigenvalue weighted by Crippen LogP contribution is 2.34. The van der Waals surface area contributed by atoms with Gasteiger partial charge < -0.3 is 5.32 Å². The van der Waals surface area contributed by atoms with E-state index in [1.807, 2.05) is 18.2 Å². The molecule has 0 saturated carbocycles. The molecule has 1 aliphatic rings. The van der Waals surface area contributed by atoms with Crippen molar-refractivity contribution in [2.24, 2.45) is 0 Å². The van der Waals surface area contributed by atoms with Gasteiger partial charge in [-0.25, -0.2) is 9.97 Å². The predicted molar refractivity (Wildman–Crippen MR) is 82.8 cm³/mol. The van der Waals surface area contributed by atoms with Crippen LogP contribution in [0.4, 0.5) is 5.69 Å². The number of anilines is 1. The number of hydrogen-bond donors (Lipinski definition) is 1.